The van der Waals surface area contributed by atoms with Gasteiger partial charge in [-0.05, 0) is 51.6 Å². The molecule has 0 heterocycles. The van der Waals surface area contributed by atoms with Gasteiger partial charge in [0.05, 0.1) is 5.56 Å². The lowest BCUT2D eigenvalue weighted by molar-refractivity contribution is 0.0696. The maximum absolute atomic E-state index is 13.3. The average Bonchev–Trinajstić information content (AvgIpc) is 2.85. The van der Waals surface area contributed by atoms with E-state index in [4.69, 9.17) is 0 Å². The smallest absolute Gasteiger partial charge is 0.335 e. The van der Waals surface area contributed by atoms with Gasteiger partial charge >= 0.3 is 5.97 Å². The second-order valence-corrected chi connectivity index (χ2v) is 8.11. The minimum Gasteiger partial charge on any atom is -0.478 e. The highest BCUT2D eigenvalue weighted by Gasteiger charge is 2.34. The molecule has 6 rings (SSSR count). The van der Waals surface area contributed by atoms with Crippen molar-refractivity contribution in [2.24, 2.45) is 0 Å². The van der Waals surface area contributed by atoms with Gasteiger partial charge in [-0.2, -0.15) is 0 Å². The van der Waals surface area contributed by atoms with Gasteiger partial charge in [0.25, 0.3) is 0 Å². The van der Waals surface area contributed by atoms with Crippen LogP contribution in [0.25, 0.3) is 11.1 Å². The van der Waals surface area contributed by atoms with Gasteiger partial charge < -0.3 is 5.11 Å². The zero-order chi connectivity index (χ0) is 22.7. The topological polar surface area (TPSA) is 71.4 Å². The van der Waals surface area contributed by atoms with Crippen molar-refractivity contribution in [3.05, 3.63) is 141 Å². The van der Waals surface area contributed by atoms with E-state index in [-0.39, 0.29) is 17.1 Å². The van der Waals surface area contributed by atoms with E-state index in [1.165, 1.54) is 6.07 Å². The van der Waals surface area contributed by atoms with Crippen molar-refractivity contribution in [3.63, 3.8) is 0 Å². The summed E-state index contributed by atoms with van der Waals surface area (Å²) in [6, 6.07) is 26.8. The first-order valence-corrected chi connectivity index (χ1v) is 10.6. The summed E-state index contributed by atoms with van der Waals surface area (Å²) in [5.74, 6) is -1.26. The fourth-order valence-electron chi connectivity index (χ4n) is 4.90. The van der Waals surface area contributed by atoms with Gasteiger partial charge in [0.1, 0.15) is 0 Å². The zero-order valence-corrected chi connectivity index (χ0v) is 17.3. The molecule has 4 heteroatoms. The quantitative estimate of drug-likeness (QED) is 0.376. The number of hydrogen-bond donors (Lipinski definition) is 1. The lowest BCUT2D eigenvalue weighted by atomic mass is 9.72. The number of carbonyl (C=O) groups excluding carboxylic acids is 2. The molecule has 0 unspecified atom stereocenters. The number of carboxylic acids is 1. The van der Waals surface area contributed by atoms with E-state index in [9.17, 15) is 19.5 Å². The number of benzene rings is 4. The van der Waals surface area contributed by atoms with Crippen LogP contribution in [0.4, 0.5) is 0 Å². The highest BCUT2D eigenvalue weighted by atomic mass is 16.4. The summed E-state index contributed by atoms with van der Waals surface area (Å²) in [7, 11) is 0. The zero-order valence-electron chi connectivity index (χ0n) is 17.3. The summed E-state index contributed by atoms with van der Waals surface area (Å²) in [5, 5.41) is 9.65. The molecule has 0 radical (unpaired) electrons. The van der Waals surface area contributed by atoms with Gasteiger partial charge in [-0.1, -0.05) is 72.8 Å². The van der Waals surface area contributed by atoms with Crippen LogP contribution in [0.5, 0.6) is 0 Å². The summed E-state index contributed by atoms with van der Waals surface area (Å²) in [6.07, 6.45) is 0. The van der Waals surface area contributed by atoms with Gasteiger partial charge in [-0.25, -0.2) is 4.79 Å². The number of hydrogen-bond acceptors (Lipinski definition) is 3. The molecule has 1 N–H and O–H groups in total. The lowest BCUT2D eigenvalue weighted by Crippen LogP contribution is -2.20. The maximum Gasteiger partial charge on any atom is 0.335 e. The Balaban J connectivity index is 1.83. The SMILES string of the molecule is O=C(O)c1ccc2c(c1)C(=C1c3ccccc3C(=O)c3ccccc31)c1ccccc1C2=O. The van der Waals surface area contributed by atoms with Gasteiger partial charge in [0.15, 0.2) is 11.6 Å². The standard InChI is InChI=1S/C29H16O4/c30-27-20-10-4-1-7-17(20)25(18-8-2-5-11-21(18)27)26-19-9-3-6-12-22(19)28(31)23-14-13-16(29(32)33)15-24(23)26/h1-15H,(H,32,33). The van der Waals surface area contributed by atoms with E-state index >= 15 is 0 Å². The summed E-state index contributed by atoms with van der Waals surface area (Å²) >= 11 is 0. The first-order chi connectivity index (χ1) is 16.1. The summed E-state index contributed by atoms with van der Waals surface area (Å²) in [6.45, 7) is 0. The maximum atomic E-state index is 13.3. The number of carbonyl (C=O) groups is 3. The normalized spacial score (nSPS) is 13.7. The largest absolute Gasteiger partial charge is 0.478 e. The van der Waals surface area contributed by atoms with Crippen LogP contribution in [0, 0.1) is 0 Å². The Morgan fingerprint density at radius 2 is 0.848 bits per heavy atom. The molecule has 156 valence electrons. The van der Waals surface area contributed by atoms with E-state index in [0.717, 1.165) is 27.8 Å². The van der Waals surface area contributed by atoms with Crippen LogP contribution in [0.2, 0.25) is 0 Å². The van der Waals surface area contributed by atoms with Crippen LogP contribution in [0.3, 0.4) is 0 Å². The highest BCUT2D eigenvalue weighted by Crippen LogP contribution is 2.46. The van der Waals surface area contributed by atoms with Crippen molar-refractivity contribution in [1.82, 2.24) is 0 Å². The first-order valence-electron chi connectivity index (χ1n) is 10.6. The number of aromatic carboxylic acids is 1. The second kappa shape index (κ2) is 6.97. The molecule has 2 aliphatic rings. The van der Waals surface area contributed by atoms with Crippen molar-refractivity contribution < 1.29 is 19.5 Å². The van der Waals surface area contributed by atoms with Crippen LogP contribution < -0.4 is 0 Å². The van der Waals surface area contributed by atoms with Gasteiger partial charge in [0.2, 0.25) is 0 Å². The lowest BCUT2D eigenvalue weighted by Gasteiger charge is -2.29. The predicted molar refractivity (Wildman–Crippen MR) is 125 cm³/mol. The fourth-order valence-corrected chi connectivity index (χ4v) is 4.90. The van der Waals surface area contributed by atoms with Crippen LogP contribution in [0.1, 0.15) is 64.5 Å². The molecule has 0 bridgehead atoms. The Morgan fingerprint density at radius 3 is 1.27 bits per heavy atom. The number of carboxylic acid groups (broad SMARTS) is 1. The van der Waals surface area contributed by atoms with Gasteiger partial charge in [-0.3, -0.25) is 9.59 Å². The molecule has 4 aromatic rings. The third kappa shape index (κ3) is 2.68. The average molecular weight is 428 g/mol. The van der Waals surface area contributed by atoms with E-state index in [2.05, 4.69) is 0 Å². The fraction of sp³-hybridized carbons (Fsp3) is 0. The minimum atomic E-state index is -1.06. The van der Waals surface area contributed by atoms with Crippen molar-refractivity contribution >= 4 is 28.7 Å². The van der Waals surface area contributed by atoms with E-state index in [1.54, 1.807) is 18.2 Å². The second-order valence-electron chi connectivity index (χ2n) is 8.11. The molecular weight excluding hydrogens is 412 g/mol. The molecule has 0 saturated carbocycles. The van der Waals surface area contributed by atoms with Crippen LogP contribution in [0.15, 0.2) is 91.0 Å². The van der Waals surface area contributed by atoms with Crippen LogP contribution >= 0.6 is 0 Å². The number of ketones is 2. The molecule has 33 heavy (non-hydrogen) atoms. The summed E-state index contributed by atoms with van der Waals surface area (Å²) in [5.41, 5.74) is 6.70. The van der Waals surface area contributed by atoms with Gasteiger partial charge in [-0.15, -0.1) is 0 Å². The Bertz CT molecular complexity index is 1520. The predicted octanol–water partition coefficient (Wildman–Crippen LogP) is 5.48. The molecule has 2 aliphatic carbocycles. The Labute approximate surface area is 189 Å². The van der Waals surface area contributed by atoms with E-state index in [0.29, 0.717) is 27.8 Å². The monoisotopic (exact) mass is 428 g/mol. The molecule has 0 atom stereocenters. The summed E-state index contributed by atoms with van der Waals surface area (Å²) in [4.78, 5) is 38.4. The van der Waals surface area contributed by atoms with Gasteiger partial charge in [0, 0.05) is 22.3 Å². The van der Waals surface area contributed by atoms with Crippen molar-refractivity contribution in [1.29, 1.82) is 0 Å². The number of fused-ring (bicyclic) bond motifs is 4. The molecule has 0 spiro atoms. The molecule has 0 saturated heterocycles. The molecule has 4 aromatic carbocycles. The molecule has 0 aliphatic heterocycles. The van der Waals surface area contributed by atoms with Crippen molar-refractivity contribution in [3.8, 4) is 0 Å². The van der Waals surface area contributed by atoms with Crippen LogP contribution in [-0.2, 0) is 0 Å². The molecule has 0 aromatic heterocycles. The molecular formula is C29H16O4. The van der Waals surface area contributed by atoms with Crippen LogP contribution in [-0.4, -0.2) is 22.6 Å². The van der Waals surface area contributed by atoms with Crippen molar-refractivity contribution in [2.45, 2.75) is 0 Å². The van der Waals surface area contributed by atoms with Crippen molar-refractivity contribution in [2.75, 3.05) is 0 Å². The minimum absolute atomic E-state index is 0.0507. The molecule has 0 amide bonds. The molecule has 4 nitrogen and oxygen atoms in total. The molecule has 0 fully saturated rings. The third-order valence-electron chi connectivity index (χ3n) is 6.35. The Kier molecular flexibility index (Phi) is 4.04. The van der Waals surface area contributed by atoms with E-state index < -0.39 is 5.97 Å². The first kappa shape index (κ1) is 19.1. The Morgan fingerprint density at radius 1 is 0.485 bits per heavy atom. The Hall–Kier alpha value is -4.57. The number of rotatable bonds is 1. The highest BCUT2D eigenvalue weighted by molar-refractivity contribution is 6.27. The third-order valence-corrected chi connectivity index (χ3v) is 6.35. The van der Waals surface area contributed by atoms with E-state index in [1.807, 2.05) is 66.7 Å². The summed E-state index contributed by atoms with van der Waals surface area (Å²) < 4.78 is 0.